The van der Waals surface area contributed by atoms with Crippen LogP contribution in [-0.4, -0.2) is 16.1 Å². The number of aromatic carboxylic acids is 1. The molecule has 0 radical (unpaired) electrons. The maximum absolute atomic E-state index is 11.2. The highest BCUT2D eigenvalue weighted by molar-refractivity contribution is 7.15. The van der Waals surface area contributed by atoms with Gasteiger partial charge in [0.2, 0.25) is 0 Å². The van der Waals surface area contributed by atoms with E-state index in [0.717, 1.165) is 10.4 Å². The quantitative estimate of drug-likeness (QED) is 0.902. The van der Waals surface area contributed by atoms with Gasteiger partial charge in [0.25, 0.3) is 0 Å². The average Bonchev–Trinajstić information content (AvgIpc) is 2.72. The molecule has 0 spiro atoms. The molecule has 0 saturated heterocycles. The molecule has 0 aliphatic carbocycles. The van der Waals surface area contributed by atoms with Gasteiger partial charge in [-0.3, -0.25) is 0 Å². The number of rotatable bonds is 4. The zero-order valence-electron chi connectivity index (χ0n) is 9.61. The van der Waals surface area contributed by atoms with E-state index in [9.17, 15) is 9.90 Å². The molecule has 6 heteroatoms. The van der Waals surface area contributed by atoms with Crippen molar-refractivity contribution in [1.29, 1.82) is 0 Å². The van der Waals surface area contributed by atoms with Crippen molar-refractivity contribution < 1.29 is 9.90 Å². The molecular weight excluding hydrogens is 272 g/mol. The number of hydrogen-bond donors (Lipinski definition) is 2. The van der Waals surface area contributed by atoms with Crippen molar-refractivity contribution in [3.05, 3.63) is 44.9 Å². The summed E-state index contributed by atoms with van der Waals surface area (Å²) in [4.78, 5) is 16.1. The highest BCUT2D eigenvalue weighted by atomic mass is 35.5. The number of halogens is 1. The van der Waals surface area contributed by atoms with Crippen LogP contribution >= 0.6 is 22.9 Å². The Kier molecular flexibility index (Phi) is 3.84. The van der Waals surface area contributed by atoms with Crippen LogP contribution in [0.4, 0.5) is 5.69 Å². The zero-order valence-corrected chi connectivity index (χ0v) is 11.2. The number of hydrogen-bond acceptors (Lipinski definition) is 4. The molecule has 0 aliphatic heterocycles. The van der Waals surface area contributed by atoms with Crippen molar-refractivity contribution in [2.75, 3.05) is 5.32 Å². The fourth-order valence-electron chi connectivity index (χ4n) is 1.65. The number of carbonyl (C=O) groups is 1. The third-order valence-corrected chi connectivity index (χ3v) is 3.58. The molecule has 1 heterocycles. The Labute approximate surface area is 113 Å². The lowest BCUT2D eigenvalue weighted by Crippen LogP contribution is -2.07. The van der Waals surface area contributed by atoms with Crippen molar-refractivity contribution in [2.24, 2.45) is 0 Å². The van der Waals surface area contributed by atoms with Gasteiger partial charge in [-0.15, -0.1) is 11.3 Å². The molecule has 0 amide bonds. The Hall–Kier alpha value is -1.59. The highest BCUT2D eigenvalue weighted by Crippen LogP contribution is 2.22. The minimum Gasteiger partial charge on any atom is -0.478 e. The van der Waals surface area contributed by atoms with E-state index in [1.54, 1.807) is 25.3 Å². The first kappa shape index (κ1) is 12.9. The van der Waals surface area contributed by atoms with Crippen molar-refractivity contribution in [3.63, 3.8) is 0 Å². The van der Waals surface area contributed by atoms with Crippen molar-refractivity contribution in [1.82, 2.24) is 4.98 Å². The average molecular weight is 283 g/mol. The molecular formula is C12H11ClN2O2S. The van der Waals surface area contributed by atoms with Crippen LogP contribution in [0.15, 0.2) is 24.4 Å². The fourth-order valence-corrected chi connectivity index (χ4v) is 2.56. The number of aromatic nitrogens is 1. The van der Waals surface area contributed by atoms with Crippen LogP contribution in [0.5, 0.6) is 0 Å². The number of nitrogens with one attached hydrogen (secondary N) is 1. The molecule has 0 aliphatic rings. The van der Waals surface area contributed by atoms with E-state index >= 15 is 0 Å². The molecule has 1 aromatic heterocycles. The minimum atomic E-state index is -0.932. The first-order valence-electron chi connectivity index (χ1n) is 5.25. The molecule has 0 fully saturated rings. The lowest BCUT2D eigenvalue weighted by Gasteiger charge is -2.10. The van der Waals surface area contributed by atoms with Crippen LogP contribution in [0.3, 0.4) is 0 Å². The van der Waals surface area contributed by atoms with Crippen LogP contribution in [0.25, 0.3) is 0 Å². The maximum atomic E-state index is 11.2. The van der Waals surface area contributed by atoms with Gasteiger partial charge in [-0.2, -0.15) is 0 Å². The molecule has 0 unspecified atom stereocenters. The lowest BCUT2D eigenvalue weighted by molar-refractivity contribution is 0.0697. The van der Waals surface area contributed by atoms with Gasteiger partial charge in [0.15, 0.2) is 4.47 Å². The number of benzene rings is 1. The van der Waals surface area contributed by atoms with Crippen molar-refractivity contribution >= 4 is 34.6 Å². The number of carboxylic acid groups (broad SMARTS) is 1. The van der Waals surface area contributed by atoms with E-state index in [0.29, 0.717) is 22.3 Å². The molecule has 18 heavy (non-hydrogen) atoms. The first-order chi connectivity index (χ1) is 8.58. The maximum Gasteiger partial charge on any atom is 0.338 e. The molecule has 2 N–H and O–H groups in total. The van der Waals surface area contributed by atoms with Gasteiger partial charge >= 0.3 is 5.97 Å². The summed E-state index contributed by atoms with van der Waals surface area (Å²) in [5.74, 6) is -0.932. The largest absolute Gasteiger partial charge is 0.478 e. The second-order valence-electron chi connectivity index (χ2n) is 3.74. The third kappa shape index (κ3) is 2.80. The number of nitrogens with zero attached hydrogens (tertiary/aromatic N) is 1. The lowest BCUT2D eigenvalue weighted by atomic mass is 10.1. The molecule has 0 atom stereocenters. The third-order valence-electron chi connectivity index (χ3n) is 2.47. The van der Waals surface area contributed by atoms with Crippen LogP contribution in [-0.2, 0) is 6.54 Å². The Morgan fingerprint density at radius 2 is 2.33 bits per heavy atom. The van der Waals surface area contributed by atoms with E-state index in [-0.39, 0.29) is 0 Å². The van der Waals surface area contributed by atoms with Crippen LogP contribution in [0, 0.1) is 6.92 Å². The summed E-state index contributed by atoms with van der Waals surface area (Å²) in [6, 6.07) is 5.35. The van der Waals surface area contributed by atoms with Gasteiger partial charge in [-0.1, -0.05) is 23.7 Å². The van der Waals surface area contributed by atoms with E-state index in [1.807, 2.05) is 6.07 Å². The Bertz CT molecular complexity index is 583. The van der Waals surface area contributed by atoms with Crippen molar-refractivity contribution in [2.45, 2.75) is 13.5 Å². The molecule has 1 aromatic carbocycles. The van der Waals surface area contributed by atoms with Crippen LogP contribution in [0.2, 0.25) is 4.47 Å². The SMILES string of the molecule is Cc1cccc(NCc2cnc(Cl)s2)c1C(=O)O. The van der Waals surface area contributed by atoms with Gasteiger partial charge in [-0.05, 0) is 18.6 Å². The van der Waals surface area contributed by atoms with Gasteiger partial charge in [0.05, 0.1) is 12.1 Å². The summed E-state index contributed by atoms with van der Waals surface area (Å²) in [5, 5.41) is 12.3. The van der Waals surface area contributed by atoms with E-state index in [1.165, 1.54) is 11.3 Å². The first-order valence-corrected chi connectivity index (χ1v) is 6.44. The second kappa shape index (κ2) is 5.37. The number of thiazole rings is 1. The second-order valence-corrected chi connectivity index (χ2v) is 5.43. The van der Waals surface area contributed by atoms with E-state index in [4.69, 9.17) is 11.6 Å². The summed E-state index contributed by atoms with van der Waals surface area (Å²) in [6.45, 7) is 2.28. The van der Waals surface area contributed by atoms with Gasteiger partial charge < -0.3 is 10.4 Å². The smallest absolute Gasteiger partial charge is 0.338 e. The standard InChI is InChI=1S/C12H11ClN2O2S/c1-7-3-2-4-9(10(7)11(16)17)14-5-8-6-15-12(13)18-8/h2-4,6,14H,5H2,1H3,(H,16,17). The number of carboxylic acids is 1. The fraction of sp³-hybridized carbons (Fsp3) is 0.167. The molecule has 94 valence electrons. The highest BCUT2D eigenvalue weighted by Gasteiger charge is 2.12. The monoisotopic (exact) mass is 282 g/mol. The summed E-state index contributed by atoms with van der Waals surface area (Å²) in [7, 11) is 0. The van der Waals surface area contributed by atoms with Gasteiger partial charge in [-0.25, -0.2) is 9.78 Å². The molecule has 4 nitrogen and oxygen atoms in total. The summed E-state index contributed by atoms with van der Waals surface area (Å²) in [5.41, 5.74) is 1.63. The Balaban J connectivity index is 2.19. The van der Waals surface area contributed by atoms with E-state index in [2.05, 4.69) is 10.3 Å². The molecule has 2 rings (SSSR count). The summed E-state index contributed by atoms with van der Waals surface area (Å²) in [6.07, 6.45) is 1.68. The Morgan fingerprint density at radius 3 is 2.94 bits per heavy atom. The van der Waals surface area contributed by atoms with Crippen molar-refractivity contribution in [3.8, 4) is 0 Å². The minimum absolute atomic E-state index is 0.299. The zero-order chi connectivity index (χ0) is 13.1. The number of anilines is 1. The molecule has 0 bridgehead atoms. The normalized spacial score (nSPS) is 10.3. The predicted octanol–water partition coefficient (Wildman–Crippen LogP) is 3.42. The van der Waals surface area contributed by atoms with Gasteiger partial charge in [0, 0.05) is 16.8 Å². The Morgan fingerprint density at radius 1 is 1.56 bits per heavy atom. The predicted molar refractivity (Wildman–Crippen MR) is 72.6 cm³/mol. The molecule has 0 saturated carbocycles. The van der Waals surface area contributed by atoms with Gasteiger partial charge in [0.1, 0.15) is 0 Å². The molecule has 2 aromatic rings. The summed E-state index contributed by atoms with van der Waals surface area (Å²) >= 11 is 7.10. The topological polar surface area (TPSA) is 62.2 Å². The summed E-state index contributed by atoms with van der Waals surface area (Å²) < 4.78 is 0.481. The van der Waals surface area contributed by atoms with Crippen LogP contribution < -0.4 is 5.32 Å². The van der Waals surface area contributed by atoms with Crippen LogP contribution in [0.1, 0.15) is 20.8 Å². The number of aryl methyl sites for hydroxylation is 1. The van der Waals surface area contributed by atoms with E-state index < -0.39 is 5.97 Å².